The van der Waals surface area contributed by atoms with Crippen molar-refractivity contribution < 1.29 is 4.42 Å². The van der Waals surface area contributed by atoms with Gasteiger partial charge in [-0.15, -0.1) is 0 Å². The van der Waals surface area contributed by atoms with Gasteiger partial charge in [-0.05, 0) is 30.7 Å². The van der Waals surface area contributed by atoms with Crippen LogP contribution in [0.15, 0.2) is 41.1 Å². The third kappa shape index (κ3) is 2.92. The first kappa shape index (κ1) is 11.4. The number of hydrogen-bond acceptors (Lipinski definition) is 4. The summed E-state index contributed by atoms with van der Waals surface area (Å²) in [6.45, 7) is 2.66. The highest BCUT2D eigenvalue weighted by atomic mass is 16.3. The van der Waals surface area contributed by atoms with Crippen LogP contribution in [-0.2, 0) is 6.54 Å². The van der Waals surface area contributed by atoms with Crippen LogP contribution in [0.3, 0.4) is 0 Å². The quantitative estimate of drug-likeness (QED) is 0.871. The van der Waals surface area contributed by atoms with E-state index in [-0.39, 0.29) is 6.04 Å². The standard InChI is InChI=1S/C13H13N3O/c1-10(11-3-2-6-15-8-11)16-9-13-5-4-12(7-14)17-13/h2-6,8,10,16H,9H2,1H3/t10-/m0/s1. The average molecular weight is 227 g/mol. The van der Waals surface area contributed by atoms with Crippen molar-refractivity contribution in [3.63, 3.8) is 0 Å². The topological polar surface area (TPSA) is 61.9 Å². The third-order valence-corrected chi connectivity index (χ3v) is 2.54. The normalized spacial score (nSPS) is 12.0. The first-order valence-electron chi connectivity index (χ1n) is 5.41. The van der Waals surface area contributed by atoms with Gasteiger partial charge in [0, 0.05) is 18.4 Å². The minimum Gasteiger partial charge on any atom is -0.449 e. The van der Waals surface area contributed by atoms with Gasteiger partial charge in [0.25, 0.3) is 0 Å². The second-order valence-corrected chi connectivity index (χ2v) is 3.77. The van der Waals surface area contributed by atoms with Gasteiger partial charge < -0.3 is 9.73 Å². The number of aromatic nitrogens is 1. The van der Waals surface area contributed by atoms with Gasteiger partial charge in [-0.1, -0.05) is 6.07 Å². The molecule has 0 saturated heterocycles. The summed E-state index contributed by atoms with van der Waals surface area (Å²) >= 11 is 0. The van der Waals surface area contributed by atoms with Crippen molar-refractivity contribution in [1.29, 1.82) is 5.26 Å². The van der Waals surface area contributed by atoms with Gasteiger partial charge in [0.05, 0.1) is 6.54 Å². The van der Waals surface area contributed by atoms with Gasteiger partial charge in [-0.25, -0.2) is 0 Å². The molecule has 0 bridgehead atoms. The van der Waals surface area contributed by atoms with E-state index in [1.54, 1.807) is 12.3 Å². The van der Waals surface area contributed by atoms with Crippen molar-refractivity contribution >= 4 is 0 Å². The molecule has 1 N–H and O–H groups in total. The van der Waals surface area contributed by atoms with Gasteiger partial charge in [-0.2, -0.15) is 5.26 Å². The Hall–Kier alpha value is -2.12. The lowest BCUT2D eigenvalue weighted by atomic mass is 10.1. The van der Waals surface area contributed by atoms with Gasteiger partial charge in [0.1, 0.15) is 11.8 Å². The van der Waals surface area contributed by atoms with E-state index in [0.29, 0.717) is 12.3 Å². The van der Waals surface area contributed by atoms with Crippen LogP contribution in [0.1, 0.15) is 30.0 Å². The first-order chi connectivity index (χ1) is 8.29. The van der Waals surface area contributed by atoms with E-state index in [4.69, 9.17) is 9.68 Å². The minimum atomic E-state index is 0.194. The molecule has 0 fully saturated rings. The predicted octanol–water partition coefficient (Wildman–Crippen LogP) is 2.40. The van der Waals surface area contributed by atoms with Crippen LogP contribution in [0.4, 0.5) is 0 Å². The molecule has 0 saturated carbocycles. The molecule has 1 atom stereocenters. The van der Waals surface area contributed by atoms with Crippen molar-refractivity contribution in [3.8, 4) is 6.07 Å². The van der Waals surface area contributed by atoms with E-state index in [9.17, 15) is 0 Å². The fourth-order valence-electron chi connectivity index (χ4n) is 1.54. The third-order valence-electron chi connectivity index (χ3n) is 2.54. The van der Waals surface area contributed by atoms with Gasteiger partial charge in [-0.3, -0.25) is 4.98 Å². The number of furan rings is 1. The summed E-state index contributed by atoms with van der Waals surface area (Å²) in [4.78, 5) is 4.07. The maximum absolute atomic E-state index is 8.63. The van der Waals surface area contributed by atoms with Crippen LogP contribution in [0.5, 0.6) is 0 Å². The summed E-state index contributed by atoms with van der Waals surface area (Å²) in [6.07, 6.45) is 3.59. The largest absolute Gasteiger partial charge is 0.449 e. The Morgan fingerprint density at radius 3 is 3.00 bits per heavy atom. The second-order valence-electron chi connectivity index (χ2n) is 3.77. The van der Waals surface area contributed by atoms with Crippen LogP contribution in [0.25, 0.3) is 0 Å². The average Bonchev–Trinajstić information content (AvgIpc) is 2.85. The molecule has 4 nitrogen and oxygen atoms in total. The van der Waals surface area contributed by atoms with Crippen LogP contribution >= 0.6 is 0 Å². The van der Waals surface area contributed by atoms with Crippen LogP contribution in [0.2, 0.25) is 0 Å². The van der Waals surface area contributed by atoms with Crippen LogP contribution in [-0.4, -0.2) is 4.98 Å². The maximum Gasteiger partial charge on any atom is 0.203 e. The SMILES string of the molecule is C[C@H](NCc1ccc(C#N)o1)c1cccnc1. The minimum absolute atomic E-state index is 0.194. The van der Waals surface area contributed by atoms with E-state index >= 15 is 0 Å². The molecule has 86 valence electrons. The van der Waals surface area contributed by atoms with E-state index < -0.39 is 0 Å². The molecule has 17 heavy (non-hydrogen) atoms. The van der Waals surface area contributed by atoms with Gasteiger partial charge in [0.2, 0.25) is 5.76 Å². The molecule has 4 heteroatoms. The molecule has 0 aliphatic carbocycles. The number of nitrogens with zero attached hydrogens (tertiary/aromatic N) is 2. The van der Waals surface area contributed by atoms with Crippen molar-refractivity contribution in [1.82, 2.24) is 10.3 Å². The lowest BCUT2D eigenvalue weighted by Crippen LogP contribution is -2.17. The monoisotopic (exact) mass is 227 g/mol. The molecule has 0 aliphatic heterocycles. The fraction of sp³-hybridized carbons (Fsp3) is 0.231. The van der Waals surface area contributed by atoms with E-state index in [1.165, 1.54) is 0 Å². The molecule has 2 rings (SSSR count). The molecule has 0 spiro atoms. The molecule has 0 unspecified atom stereocenters. The molecule has 0 amide bonds. The Bertz CT molecular complexity index is 513. The maximum atomic E-state index is 8.63. The summed E-state index contributed by atoms with van der Waals surface area (Å²) in [6, 6.07) is 9.57. The van der Waals surface area contributed by atoms with Crippen molar-refractivity contribution in [2.24, 2.45) is 0 Å². The number of nitriles is 1. The lowest BCUT2D eigenvalue weighted by molar-refractivity contribution is 0.453. The zero-order valence-corrected chi connectivity index (χ0v) is 9.55. The number of hydrogen-bond donors (Lipinski definition) is 1. The van der Waals surface area contributed by atoms with E-state index in [2.05, 4.69) is 17.2 Å². The molecule has 2 aromatic rings. The lowest BCUT2D eigenvalue weighted by Gasteiger charge is -2.12. The number of rotatable bonds is 4. The summed E-state index contributed by atoms with van der Waals surface area (Å²) in [5.74, 6) is 1.10. The van der Waals surface area contributed by atoms with Crippen LogP contribution < -0.4 is 5.32 Å². The number of pyridine rings is 1. The van der Waals surface area contributed by atoms with Crippen molar-refractivity contribution in [2.75, 3.05) is 0 Å². The summed E-state index contributed by atoms with van der Waals surface area (Å²) in [5, 5.41) is 11.9. The summed E-state index contributed by atoms with van der Waals surface area (Å²) in [7, 11) is 0. The molecular weight excluding hydrogens is 214 g/mol. The first-order valence-corrected chi connectivity index (χ1v) is 5.41. The molecule has 0 aliphatic rings. The van der Waals surface area contributed by atoms with E-state index in [1.807, 2.05) is 30.5 Å². The zero-order valence-electron chi connectivity index (χ0n) is 9.55. The van der Waals surface area contributed by atoms with Crippen LogP contribution in [0, 0.1) is 11.3 Å². The molecule has 0 radical (unpaired) electrons. The number of nitrogens with one attached hydrogen (secondary N) is 1. The Morgan fingerprint density at radius 1 is 1.47 bits per heavy atom. The van der Waals surface area contributed by atoms with Crippen molar-refractivity contribution in [3.05, 3.63) is 53.7 Å². The molecule has 2 aromatic heterocycles. The van der Waals surface area contributed by atoms with Crippen molar-refractivity contribution in [2.45, 2.75) is 19.5 Å². The Labute approximate surface area is 99.9 Å². The Kier molecular flexibility index (Phi) is 3.53. The highest BCUT2D eigenvalue weighted by Gasteiger charge is 2.06. The highest BCUT2D eigenvalue weighted by Crippen LogP contribution is 2.12. The Morgan fingerprint density at radius 2 is 2.35 bits per heavy atom. The molecule has 2 heterocycles. The Balaban J connectivity index is 1.92. The fourth-order valence-corrected chi connectivity index (χ4v) is 1.54. The molecule has 0 aromatic carbocycles. The smallest absolute Gasteiger partial charge is 0.203 e. The van der Waals surface area contributed by atoms with E-state index in [0.717, 1.165) is 11.3 Å². The predicted molar refractivity (Wildman–Crippen MR) is 62.9 cm³/mol. The van der Waals surface area contributed by atoms with Gasteiger partial charge >= 0.3 is 0 Å². The molecular formula is C13H13N3O. The summed E-state index contributed by atoms with van der Waals surface area (Å²) in [5.41, 5.74) is 1.12. The summed E-state index contributed by atoms with van der Waals surface area (Å²) < 4.78 is 5.28. The second kappa shape index (κ2) is 5.28. The van der Waals surface area contributed by atoms with Gasteiger partial charge in [0.15, 0.2) is 0 Å². The zero-order chi connectivity index (χ0) is 12.1. The highest BCUT2D eigenvalue weighted by molar-refractivity contribution is 5.19.